The number of nitrogens with one attached hydrogen (secondary N) is 1. The molecule has 1 N–H and O–H groups in total. The molecule has 0 bridgehead atoms. The van der Waals surface area contributed by atoms with Crippen LogP contribution in [-0.2, 0) is 0 Å². The third kappa shape index (κ3) is 2.85. The van der Waals surface area contributed by atoms with Crippen molar-refractivity contribution in [1.29, 1.82) is 0 Å². The topological polar surface area (TPSA) is 30.5 Å². The first kappa shape index (κ1) is 12.5. The van der Waals surface area contributed by atoms with Crippen LogP contribution in [0, 0.1) is 0 Å². The SMILES string of the molecule is COc1cc(C(C)NC2CC2)cc(Cl)c1OC. The van der Waals surface area contributed by atoms with E-state index < -0.39 is 0 Å². The van der Waals surface area contributed by atoms with E-state index in [1.807, 2.05) is 12.1 Å². The van der Waals surface area contributed by atoms with E-state index in [4.69, 9.17) is 21.1 Å². The highest BCUT2D eigenvalue weighted by atomic mass is 35.5. The predicted octanol–water partition coefficient (Wildman–Crippen LogP) is 3.17. The Morgan fingerprint density at radius 1 is 1.29 bits per heavy atom. The Hall–Kier alpha value is -0.930. The Balaban J connectivity index is 2.24. The number of hydrogen-bond acceptors (Lipinski definition) is 3. The minimum atomic E-state index is 0.278. The molecule has 0 aliphatic heterocycles. The second-order valence-electron chi connectivity index (χ2n) is 4.40. The Morgan fingerprint density at radius 2 is 2.00 bits per heavy atom. The Morgan fingerprint density at radius 3 is 2.53 bits per heavy atom. The molecule has 2 rings (SSSR count). The first-order chi connectivity index (χ1) is 8.15. The minimum absolute atomic E-state index is 0.278. The molecular formula is C13H18ClNO2. The van der Waals surface area contributed by atoms with Crippen molar-refractivity contribution in [2.45, 2.75) is 31.8 Å². The number of rotatable bonds is 5. The molecule has 0 heterocycles. The van der Waals surface area contributed by atoms with Crippen LogP contribution in [0.2, 0.25) is 5.02 Å². The molecule has 0 amide bonds. The molecule has 0 aromatic heterocycles. The van der Waals surface area contributed by atoms with Crippen LogP contribution < -0.4 is 14.8 Å². The Kier molecular flexibility index (Phi) is 3.79. The zero-order valence-electron chi connectivity index (χ0n) is 10.4. The summed E-state index contributed by atoms with van der Waals surface area (Å²) in [5.41, 5.74) is 1.12. The molecule has 1 aromatic rings. The third-order valence-electron chi connectivity index (χ3n) is 3.02. The van der Waals surface area contributed by atoms with E-state index in [-0.39, 0.29) is 6.04 Å². The van der Waals surface area contributed by atoms with Crippen molar-refractivity contribution in [2.75, 3.05) is 14.2 Å². The number of ether oxygens (including phenoxy) is 2. The van der Waals surface area contributed by atoms with E-state index in [9.17, 15) is 0 Å². The van der Waals surface area contributed by atoms with Crippen LogP contribution in [-0.4, -0.2) is 20.3 Å². The van der Waals surface area contributed by atoms with Crippen LogP contribution >= 0.6 is 11.6 Å². The lowest BCUT2D eigenvalue weighted by atomic mass is 10.1. The van der Waals surface area contributed by atoms with E-state index in [2.05, 4.69) is 12.2 Å². The molecule has 0 radical (unpaired) electrons. The standard InChI is InChI=1S/C13H18ClNO2/c1-8(15-10-4-5-10)9-6-11(14)13(17-3)12(7-9)16-2/h6-8,10,15H,4-5H2,1-3H3. The summed E-state index contributed by atoms with van der Waals surface area (Å²) in [5.74, 6) is 1.27. The van der Waals surface area contributed by atoms with Gasteiger partial charge in [-0.05, 0) is 37.5 Å². The molecule has 1 atom stereocenters. The fourth-order valence-electron chi connectivity index (χ4n) is 1.89. The summed E-state index contributed by atoms with van der Waals surface area (Å²) < 4.78 is 10.5. The average molecular weight is 256 g/mol. The van der Waals surface area contributed by atoms with Gasteiger partial charge in [-0.2, -0.15) is 0 Å². The number of benzene rings is 1. The van der Waals surface area contributed by atoms with Crippen molar-refractivity contribution < 1.29 is 9.47 Å². The van der Waals surface area contributed by atoms with Gasteiger partial charge in [0.1, 0.15) is 0 Å². The number of methoxy groups -OCH3 is 2. The van der Waals surface area contributed by atoms with Crippen LogP contribution in [0.3, 0.4) is 0 Å². The Labute approximate surface area is 107 Å². The first-order valence-electron chi connectivity index (χ1n) is 5.83. The minimum Gasteiger partial charge on any atom is -0.493 e. The summed E-state index contributed by atoms with van der Waals surface area (Å²) in [6, 6.07) is 4.85. The zero-order valence-corrected chi connectivity index (χ0v) is 11.2. The first-order valence-corrected chi connectivity index (χ1v) is 6.21. The van der Waals surface area contributed by atoms with Gasteiger partial charge in [-0.15, -0.1) is 0 Å². The van der Waals surface area contributed by atoms with Crippen molar-refractivity contribution in [1.82, 2.24) is 5.32 Å². The maximum atomic E-state index is 6.18. The summed E-state index contributed by atoms with van der Waals surface area (Å²) >= 11 is 6.18. The molecule has 1 fully saturated rings. The smallest absolute Gasteiger partial charge is 0.179 e. The molecule has 1 aliphatic carbocycles. The summed E-state index contributed by atoms with van der Waals surface area (Å²) in [6.07, 6.45) is 2.54. The fraction of sp³-hybridized carbons (Fsp3) is 0.538. The van der Waals surface area contributed by atoms with Gasteiger partial charge in [0.25, 0.3) is 0 Å². The molecule has 4 heteroatoms. The van der Waals surface area contributed by atoms with Gasteiger partial charge in [0, 0.05) is 12.1 Å². The van der Waals surface area contributed by atoms with E-state index in [0.29, 0.717) is 22.6 Å². The molecule has 0 saturated heterocycles. The van der Waals surface area contributed by atoms with Crippen molar-refractivity contribution in [2.24, 2.45) is 0 Å². The van der Waals surface area contributed by atoms with Crippen molar-refractivity contribution in [3.8, 4) is 11.5 Å². The maximum absolute atomic E-state index is 6.18. The monoisotopic (exact) mass is 255 g/mol. The highest BCUT2D eigenvalue weighted by molar-refractivity contribution is 6.32. The molecular weight excluding hydrogens is 238 g/mol. The molecule has 1 aromatic carbocycles. The van der Waals surface area contributed by atoms with Gasteiger partial charge in [-0.3, -0.25) is 0 Å². The summed E-state index contributed by atoms with van der Waals surface area (Å²) in [6.45, 7) is 2.13. The van der Waals surface area contributed by atoms with E-state index >= 15 is 0 Å². The van der Waals surface area contributed by atoms with Crippen LogP contribution in [0.15, 0.2) is 12.1 Å². The van der Waals surface area contributed by atoms with Crippen LogP contribution in [0.1, 0.15) is 31.4 Å². The lowest BCUT2D eigenvalue weighted by molar-refractivity contribution is 0.354. The van der Waals surface area contributed by atoms with Gasteiger partial charge in [0.05, 0.1) is 19.2 Å². The van der Waals surface area contributed by atoms with Crippen molar-refractivity contribution in [3.05, 3.63) is 22.7 Å². The molecule has 17 heavy (non-hydrogen) atoms. The molecule has 3 nitrogen and oxygen atoms in total. The summed E-state index contributed by atoms with van der Waals surface area (Å²) in [4.78, 5) is 0. The van der Waals surface area contributed by atoms with Gasteiger partial charge in [-0.1, -0.05) is 11.6 Å². The summed E-state index contributed by atoms with van der Waals surface area (Å²) in [7, 11) is 3.21. The predicted molar refractivity (Wildman–Crippen MR) is 69.1 cm³/mol. The second kappa shape index (κ2) is 5.15. The third-order valence-corrected chi connectivity index (χ3v) is 3.30. The highest BCUT2D eigenvalue weighted by Gasteiger charge is 2.24. The lowest BCUT2D eigenvalue weighted by Gasteiger charge is -2.17. The van der Waals surface area contributed by atoms with E-state index in [1.54, 1.807) is 14.2 Å². The largest absolute Gasteiger partial charge is 0.493 e. The molecule has 1 unspecified atom stereocenters. The van der Waals surface area contributed by atoms with Gasteiger partial charge in [-0.25, -0.2) is 0 Å². The Bertz CT molecular complexity index is 405. The highest BCUT2D eigenvalue weighted by Crippen LogP contribution is 2.38. The van der Waals surface area contributed by atoms with Crippen LogP contribution in [0.4, 0.5) is 0 Å². The average Bonchev–Trinajstić information content (AvgIpc) is 3.11. The maximum Gasteiger partial charge on any atom is 0.179 e. The van der Waals surface area contributed by atoms with Crippen molar-refractivity contribution in [3.63, 3.8) is 0 Å². The molecule has 1 aliphatic rings. The van der Waals surface area contributed by atoms with Gasteiger partial charge in [0.15, 0.2) is 11.5 Å². The van der Waals surface area contributed by atoms with Crippen LogP contribution in [0.25, 0.3) is 0 Å². The van der Waals surface area contributed by atoms with E-state index in [0.717, 1.165) is 5.56 Å². The molecule has 1 saturated carbocycles. The van der Waals surface area contributed by atoms with Crippen LogP contribution in [0.5, 0.6) is 11.5 Å². The zero-order chi connectivity index (χ0) is 12.4. The molecule has 94 valence electrons. The number of halogens is 1. The molecule has 0 spiro atoms. The summed E-state index contributed by atoms with van der Waals surface area (Å²) in [5, 5.41) is 4.12. The lowest BCUT2D eigenvalue weighted by Crippen LogP contribution is -2.20. The normalized spacial score (nSPS) is 16.7. The van der Waals surface area contributed by atoms with Gasteiger partial charge < -0.3 is 14.8 Å². The second-order valence-corrected chi connectivity index (χ2v) is 4.81. The number of hydrogen-bond donors (Lipinski definition) is 1. The van der Waals surface area contributed by atoms with E-state index in [1.165, 1.54) is 12.8 Å². The fourth-order valence-corrected chi connectivity index (χ4v) is 2.18. The van der Waals surface area contributed by atoms with Gasteiger partial charge in [0.2, 0.25) is 0 Å². The quantitative estimate of drug-likeness (QED) is 0.877. The van der Waals surface area contributed by atoms with Gasteiger partial charge >= 0.3 is 0 Å². The van der Waals surface area contributed by atoms with Crippen molar-refractivity contribution >= 4 is 11.6 Å².